The van der Waals surface area contributed by atoms with E-state index < -0.39 is 11.7 Å². The third-order valence-corrected chi connectivity index (χ3v) is 2.34. The predicted molar refractivity (Wildman–Crippen MR) is 63.0 cm³/mol. The number of benzene rings is 1. The zero-order chi connectivity index (χ0) is 12.9. The first-order valence-corrected chi connectivity index (χ1v) is 5.37. The third kappa shape index (κ3) is 4.20. The maximum absolute atomic E-state index is 12.7. The molecular weight excluding hydrogens is 251 g/mol. The molecule has 0 bridgehead atoms. The lowest BCUT2D eigenvalue weighted by Gasteiger charge is -2.14. The minimum atomic E-state index is -4.42. The number of terminal acetylenes is 1. The molecule has 0 saturated carbocycles. The van der Waals surface area contributed by atoms with Crippen LogP contribution in [-0.4, -0.2) is 6.54 Å². The van der Waals surface area contributed by atoms with Crippen LogP contribution in [0.1, 0.15) is 18.4 Å². The number of rotatable bonds is 4. The largest absolute Gasteiger partial charge is 0.418 e. The summed E-state index contributed by atoms with van der Waals surface area (Å²) in [6, 6.07) is 3.65. The van der Waals surface area contributed by atoms with Crippen LogP contribution in [0.3, 0.4) is 0 Å². The van der Waals surface area contributed by atoms with Gasteiger partial charge in [-0.2, -0.15) is 13.2 Å². The standard InChI is InChI=1S/C12H11ClF3N/c1-2-3-4-7-17-11-6-5-9(13)8-10(11)12(14,15)16/h1,5-6,8,17H,3-4,7H2. The average molecular weight is 262 g/mol. The summed E-state index contributed by atoms with van der Waals surface area (Å²) >= 11 is 5.55. The van der Waals surface area contributed by atoms with Crippen molar-refractivity contribution in [3.05, 3.63) is 28.8 Å². The molecular formula is C12H11ClF3N. The van der Waals surface area contributed by atoms with Crippen molar-refractivity contribution in [3.8, 4) is 12.3 Å². The summed E-state index contributed by atoms with van der Waals surface area (Å²) in [4.78, 5) is 0. The summed E-state index contributed by atoms with van der Waals surface area (Å²) in [6.45, 7) is 0.398. The predicted octanol–water partition coefficient (Wildman–Crippen LogP) is 4.18. The number of nitrogens with one attached hydrogen (secondary N) is 1. The van der Waals surface area contributed by atoms with Crippen LogP contribution in [0.4, 0.5) is 18.9 Å². The number of unbranched alkanes of at least 4 members (excludes halogenated alkanes) is 1. The lowest BCUT2D eigenvalue weighted by atomic mass is 10.1. The molecule has 0 unspecified atom stereocenters. The Kier molecular flexibility index (Phi) is 4.71. The number of hydrogen-bond acceptors (Lipinski definition) is 1. The number of alkyl halides is 3. The van der Waals surface area contributed by atoms with E-state index in [1.807, 2.05) is 0 Å². The molecule has 17 heavy (non-hydrogen) atoms. The molecule has 0 aliphatic carbocycles. The quantitative estimate of drug-likeness (QED) is 0.633. The van der Waals surface area contributed by atoms with Crippen molar-refractivity contribution < 1.29 is 13.2 Å². The Morgan fingerprint density at radius 2 is 2.06 bits per heavy atom. The van der Waals surface area contributed by atoms with Gasteiger partial charge in [-0.25, -0.2) is 0 Å². The molecule has 0 spiro atoms. The molecule has 0 fully saturated rings. The first kappa shape index (κ1) is 13.7. The highest BCUT2D eigenvalue weighted by molar-refractivity contribution is 6.30. The van der Waals surface area contributed by atoms with Crippen molar-refractivity contribution in [1.82, 2.24) is 0 Å². The summed E-state index contributed by atoms with van der Waals surface area (Å²) in [5.74, 6) is 2.42. The molecule has 92 valence electrons. The van der Waals surface area contributed by atoms with E-state index >= 15 is 0 Å². The molecule has 0 saturated heterocycles. The molecule has 0 aromatic heterocycles. The SMILES string of the molecule is C#CCCCNc1ccc(Cl)cc1C(F)(F)F. The van der Waals surface area contributed by atoms with Gasteiger partial charge in [-0.15, -0.1) is 12.3 Å². The molecule has 1 aromatic rings. The van der Waals surface area contributed by atoms with Crippen molar-refractivity contribution in [3.63, 3.8) is 0 Å². The molecule has 0 heterocycles. The van der Waals surface area contributed by atoms with E-state index in [4.69, 9.17) is 18.0 Å². The fourth-order valence-electron chi connectivity index (χ4n) is 1.32. The topological polar surface area (TPSA) is 12.0 Å². The lowest BCUT2D eigenvalue weighted by molar-refractivity contribution is -0.136. The van der Waals surface area contributed by atoms with Gasteiger partial charge in [-0.3, -0.25) is 0 Å². The fraction of sp³-hybridized carbons (Fsp3) is 0.333. The zero-order valence-electron chi connectivity index (χ0n) is 8.94. The lowest BCUT2D eigenvalue weighted by Crippen LogP contribution is -2.11. The molecule has 1 N–H and O–H groups in total. The Morgan fingerprint density at radius 1 is 1.35 bits per heavy atom. The van der Waals surface area contributed by atoms with E-state index in [0.717, 1.165) is 6.07 Å². The number of anilines is 1. The van der Waals surface area contributed by atoms with Gasteiger partial charge in [-0.1, -0.05) is 11.6 Å². The minimum absolute atomic E-state index is 0.0268. The normalized spacial score (nSPS) is 11.0. The van der Waals surface area contributed by atoms with Crippen LogP contribution in [0.2, 0.25) is 5.02 Å². The van der Waals surface area contributed by atoms with Crippen LogP contribution in [0.25, 0.3) is 0 Å². The Bertz CT molecular complexity index is 421. The van der Waals surface area contributed by atoms with Gasteiger partial charge in [0.15, 0.2) is 0 Å². The molecule has 0 radical (unpaired) electrons. The van der Waals surface area contributed by atoms with Gasteiger partial charge in [-0.05, 0) is 24.6 Å². The van der Waals surface area contributed by atoms with Gasteiger partial charge >= 0.3 is 6.18 Å². The Labute approximate surface area is 103 Å². The van der Waals surface area contributed by atoms with Crippen molar-refractivity contribution in [2.75, 3.05) is 11.9 Å². The molecule has 0 aliphatic heterocycles. The summed E-state index contributed by atoms with van der Waals surface area (Å²) in [6.07, 6.45) is 1.79. The van der Waals surface area contributed by atoms with Crippen molar-refractivity contribution in [2.24, 2.45) is 0 Å². The van der Waals surface area contributed by atoms with Crippen LogP contribution >= 0.6 is 11.6 Å². The van der Waals surface area contributed by atoms with Crippen molar-refractivity contribution >= 4 is 17.3 Å². The second-order valence-electron chi connectivity index (χ2n) is 3.42. The smallest absolute Gasteiger partial charge is 0.385 e. The molecule has 1 nitrogen and oxygen atoms in total. The fourth-order valence-corrected chi connectivity index (χ4v) is 1.49. The van der Waals surface area contributed by atoms with Crippen molar-refractivity contribution in [1.29, 1.82) is 0 Å². The van der Waals surface area contributed by atoms with E-state index in [-0.39, 0.29) is 10.7 Å². The first-order chi connectivity index (χ1) is 7.95. The maximum atomic E-state index is 12.7. The van der Waals surface area contributed by atoms with Gasteiger partial charge in [0.2, 0.25) is 0 Å². The summed E-state index contributed by atoms with van der Waals surface area (Å²) in [7, 11) is 0. The summed E-state index contributed by atoms with van der Waals surface area (Å²) < 4.78 is 38.0. The van der Waals surface area contributed by atoms with Gasteiger partial charge in [0.05, 0.1) is 5.56 Å². The summed E-state index contributed by atoms with van der Waals surface area (Å²) in [5, 5.41) is 2.77. The van der Waals surface area contributed by atoms with Gasteiger partial charge in [0.25, 0.3) is 0 Å². The van der Waals surface area contributed by atoms with E-state index in [9.17, 15) is 13.2 Å². The molecule has 0 atom stereocenters. The first-order valence-electron chi connectivity index (χ1n) is 4.99. The molecule has 0 amide bonds. The van der Waals surface area contributed by atoms with Gasteiger partial charge < -0.3 is 5.32 Å². The van der Waals surface area contributed by atoms with Crippen LogP contribution in [0.15, 0.2) is 18.2 Å². The highest BCUT2D eigenvalue weighted by atomic mass is 35.5. The number of hydrogen-bond donors (Lipinski definition) is 1. The van der Waals surface area contributed by atoms with Gasteiger partial charge in [0.1, 0.15) is 0 Å². The van der Waals surface area contributed by atoms with E-state index in [0.29, 0.717) is 19.4 Å². The third-order valence-electron chi connectivity index (χ3n) is 2.10. The monoisotopic (exact) mass is 261 g/mol. The summed E-state index contributed by atoms with van der Waals surface area (Å²) in [5.41, 5.74) is -0.732. The second kappa shape index (κ2) is 5.83. The van der Waals surface area contributed by atoms with Crippen molar-refractivity contribution in [2.45, 2.75) is 19.0 Å². The average Bonchev–Trinajstić information content (AvgIpc) is 2.25. The highest BCUT2D eigenvalue weighted by Gasteiger charge is 2.33. The van der Waals surface area contributed by atoms with E-state index in [1.54, 1.807) is 0 Å². The zero-order valence-corrected chi connectivity index (χ0v) is 9.70. The molecule has 1 aromatic carbocycles. The minimum Gasteiger partial charge on any atom is -0.385 e. The molecule has 0 aliphatic rings. The molecule has 5 heteroatoms. The highest BCUT2D eigenvalue weighted by Crippen LogP contribution is 2.36. The van der Waals surface area contributed by atoms with Crippen LogP contribution < -0.4 is 5.32 Å². The number of halogens is 4. The Balaban J connectivity index is 2.81. The Hall–Kier alpha value is -1.34. The van der Waals surface area contributed by atoms with E-state index in [2.05, 4.69) is 11.2 Å². The van der Waals surface area contributed by atoms with Gasteiger partial charge in [0, 0.05) is 23.7 Å². The van der Waals surface area contributed by atoms with E-state index in [1.165, 1.54) is 12.1 Å². The Morgan fingerprint density at radius 3 is 2.65 bits per heavy atom. The maximum Gasteiger partial charge on any atom is 0.418 e. The second-order valence-corrected chi connectivity index (χ2v) is 3.86. The van der Waals surface area contributed by atoms with Crippen LogP contribution in [-0.2, 0) is 6.18 Å². The molecule has 1 rings (SSSR count). The van der Waals surface area contributed by atoms with Crippen LogP contribution in [0, 0.1) is 12.3 Å². The van der Waals surface area contributed by atoms with Crippen LogP contribution in [0.5, 0.6) is 0 Å².